The van der Waals surface area contributed by atoms with Gasteiger partial charge in [0.25, 0.3) is 5.91 Å². The van der Waals surface area contributed by atoms with Crippen LogP contribution in [0.1, 0.15) is 64.2 Å². The van der Waals surface area contributed by atoms with E-state index in [1.807, 2.05) is 30.3 Å². The fourth-order valence-electron chi connectivity index (χ4n) is 6.58. The van der Waals surface area contributed by atoms with Gasteiger partial charge in [0.05, 0.1) is 19.3 Å². The molecule has 4 N–H and O–H groups in total. The number of carbonyl (C=O) groups is 5. The summed E-state index contributed by atoms with van der Waals surface area (Å²) in [7, 11) is 0. The quantitative estimate of drug-likeness (QED) is 0.154. The number of hydrogen-bond acceptors (Lipinski definition) is 8. The minimum absolute atomic E-state index is 0.0256. The molecule has 6 amide bonds. The molecule has 58 heavy (non-hydrogen) atoms. The van der Waals surface area contributed by atoms with Crippen LogP contribution in [0.5, 0.6) is 0 Å². The number of hydrogen-bond donors (Lipinski definition) is 4. The second kappa shape index (κ2) is 21.4. The summed E-state index contributed by atoms with van der Waals surface area (Å²) in [4.78, 5) is 71.0. The Morgan fingerprint density at radius 3 is 2.09 bits per heavy atom. The Balaban J connectivity index is 1.69. The number of carbonyl (C=O) groups excluding carboxylic acids is 5. The number of hydrazine groups is 1. The number of imide groups is 1. The standard InChI is InChI=1S/C43H55F2N5O8/c1-28(2)37(39(53)46-36(24-30-14-10-7-11-15-30)38(52)47-41(55)49-20-22-57-23-21-49)50(48-42(56)58-43(3,4)5)40(54)32(25-31-17-18-33(44)27-35(31)45)26-34(51)19-16-29-12-8-6-9-13-29/h6-15,17-18,27-28,32,34,36-37,51H,16,19-26H2,1-5H3,(H,46,53)(H,48,56)(H,47,52,55)/t32?,34-,36?,37?/m0/s1. The summed E-state index contributed by atoms with van der Waals surface area (Å²) in [5.41, 5.74) is 2.99. The van der Waals surface area contributed by atoms with Crippen molar-refractivity contribution in [1.82, 2.24) is 26.0 Å². The highest BCUT2D eigenvalue weighted by atomic mass is 19.1. The van der Waals surface area contributed by atoms with Crippen LogP contribution in [-0.2, 0) is 43.1 Å². The van der Waals surface area contributed by atoms with Crippen molar-refractivity contribution in [2.45, 2.75) is 90.5 Å². The summed E-state index contributed by atoms with van der Waals surface area (Å²) in [5.74, 6) is -6.23. The molecule has 13 nitrogen and oxygen atoms in total. The number of ether oxygens (including phenoxy) is 2. The van der Waals surface area contributed by atoms with Crippen molar-refractivity contribution in [3.63, 3.8) is 0 Å². The molecule has 0 radical (unpaired) electrons. The van der Waals surface area contributed by atoms with E-state index in [1.165, 1.54) is 11.0 Å². The van der Waals surface area contributed by atoms with Crippen molar-refractivity contribution >= 4 is 29.8 Å². The van der Waals surface area contributed by atoms with Crippen molar-refractivity contribution in [2.24, 2.45) is 11.8 Å². The van der Waals surface area contributed by atoms with Gasteiger partial charge in [-0.1, -0.05) is 80.6 Å². The molecule has 1 aliphatic rings. The minimum atomic E-state index is -1.50. The average Bonchev–Trinajstić information content (AvgIpc) is 3.17. The van der Waals surface area contributed by atoms with Gasteiger partial charge in [0.15, 0.2) is 0 Å². The molecular formula is C43H55F2N5O8. The third-order valence-electron chi connectivity index (χ3n) is 9.47. The number of amides is 6. The highest BCUT2D eigenvalue weighted by molar-refractivity contribution is 6.00. The van der Waals surface area contributed by atoms with E-state index in [1.54, 1.807) is 65.0 Å². The van der Waals surface area contributed by atoms with E-state index in [2.05, 4.69) is 16.1 Å². The normalized spacial score (nSPS) is 15.1. The lowest BCUT2D eigenvalue weighted by molar-refractivity contribution is -0.150. The van der Waals surface area contributed by atoms with Crippen LogP contribution in [0.3, 0.4) is 0 Å². The Morgan fingerprint density at radius 2 is 1.50 bits per heavy atom. The largest absolute Gasteiger partial charge is 0.443 e. The van der Waals surface area contributed by atoms with Gasteiger partial charge >= 0.3 is 12.1 Å². The first-order chi connectivity index (χ1) is 27.5. The molecule has 1 fully saturated rings. The zero-order valence-electron chi connectivity index (χ0n) is 33.7. The monoisotopic (exact) mass is 807 g/mol. The lowest BCUT2D eigenvalue weighted by atomic mass is 9.89. The van der Waals surface area contributed by atoms with Crippen LogP contribution < -0.4 is 16.1 Å². The van der Waals surface area contributed by atoms with E-state index < -0.39 is 77.1 Å². The van der Waals surface area contributed by atoms with E-state index in [4.69, 9.17) is 9.47 Å². The summed E-state index contributed by atoms with van der Waals surface area (Å²) >= 11 is 0. The fourth-order valence-corrected chi connectivity index (χ4v) is 6.58. The Labute approximate surface area is 338 Å². The van der Waals surface area contributed by atoms with Crippen molar-refractivity contribution < 1.29 is 47.3 Å². The van der Waals surface area contributed by atoms with Gasteiger partial charge in [-0.3, -0.25) is 19.7 Å². The van der Waals surface area contributed by atoms with Crippen LogP contribution >= 0.6 is 0 Å². The second-order valence-corrected chi connectivity index (χ2v) is 15.7. The highest BCUT2D eigenvalue weighted by Gasteiger charge is 2.40. The van der Waals surface area contributed by atoms with Crippen LogP contribution in [0.4, 0.5) is 18.4 Å². The first-order valence-electron chi connectivity index (χ1n) is 19.5. The summed E-state index contributed by atoms with van der Waals surface area (Å²) in [6.07, 6.45) is -2.05. The van der Waals surface area contributed by atoms with Gasteiger partial charge in [0.2, 0.25) is 11.8 Å². The third kappa shape index (κ3) is 14.2. The predicted molar refractivity (Wildman–Crippen MR) is 212 cm³/mol. The van der Waals surface area contributed by atoms with Crippen LogP contribution in [0.25, 0.3) is 0 Å². The third-order valence-corrected chi connectivity index (χ3v) is 9.47. The number of aliphatic hydroxyl groups excluding tert-OH is 1. The maximum absolute atomic E-state index is 15.1. The molecular weight excluding hydrogens is 752 g/mol. The molecule has 4 atom stereocenters. The van der Waals surface area contributed by atoms with E-state index in [0.717, 1.165) is 16.6 Å². The number of morpholine rings is 1. The van der Waals surface area contributed by atoms with E-state index in [0.29, 0.717) is 31.3 Å². The smallest absolute Gasteiger partial charge is 0.426 e. The molecule has 3 unspecified atom stereocenters. The predicted octanol–water partition coefficient (Wildman–Crippen LogP) is 5.10. The SMILES string of the molecule is CC(C)C(C(=O)NC(Cc1ccccc1)C(=O)NC(=O)N1CCOCC1)N(NC(=O)OC(C)(C)C)C(=O)C(Cc1ccc(F)cc1F)C[C@@H](O)CCc1ccccc1. The molecule has 15 heteroatoms. The molecule has 314 valence electrons. The Morgan fingerprint density at radius 1 is 0.879 bits per heavy atom. The Bertz CT molecular complexity index is 1840. The molecule has 1 heterocycles. The number of aliphatic hydroxyl groups is 1. The minimum Gasteiger partial charge on any atom is -0.443 e. The van der Waals surface area contributed by atoms with E-state index in [-0.39, 0.29) is 44.3 Å². The molecule has 0 saturated carbocycles. The molecule has 3 aromatic carbocycles. The Hall–Kier alpha value is -5.41. The number of halogens is 2. The molecule has 0 aromatic heterocycles. The van der Waals surface area contributed by atoms with Crippen molar-refractivity contribution in [3.8, 4) is 0 Å². The van der Waals surface area contributed by atoms with Gasteiger partial charge in [-0.2, -0.15) is 0 Å². The average molecular weight is 808 g/mol. The first-order valence-corrected chi connectivity index (χ1v) is 19.5. The van der Waals surface area contributed by atoms with Crippen molar-refractivity contribution in [3.05, 3.63) is 107 Å². The summed E-state index contributed by atoms with van der Waals surface area (Å²) in [5, 5.41) is 17.2. The number of nitrogens with one attached hydrogen (secondary N) is 3. The van der Waals surface area contributed by atoms with Gasteiger partial charge in [-0.05, 0) is 75.1 Å². The molecule has 3 aromatic rings. The van der Waals surface area contributed by atoms with Crippen LogP contribution in [0.15, 0.2) is 78.9 Å². The van der Waals surface area contributed by atoms with E-state index >= 15 is 4.39 Å². The first kappa shape index (κ1) is 45.3. The summed E-state index contributed by atoms with van der Waals surface area (Å²) in [6.45, 7) is 9.21. The molecule has 4 rings (SSSR count). The van der Waals surface area contributed by atoms with Crippen LogP contribution in [-0.4, -0.2) is 95.0 Å². The van der Waals surface area contributed by atoms with Crippen LogP contribution in [0, 0.1) is 23.5 Å². The summed E-state index contributed by atoms with van der Waals surface area (Å²) in [6, 6.07) is 17.6. The van der Waals surface area contributed by atoms with Crippen molar-refractivity contribution in [2.75, 3.05) is 26.3 Å². The lowest BCUT2D eigenvalue weighted by Crippen LogP contribution is -2.63. The number of benzene rings is 3. The topological polar surface area (TPSA) is 167 Å². The van der Waals surface area contributed by atoms with Gasteiger partial charge < -0.3 is 24.8 Å². The molecule has 0 aliphatic carbocycles. The van der Waals surface area contributed by atoms with Gasteiger partial charge in [-0.15, -0.1) is 0 Å². The number of rotatable bonds is 15. The van der Waals surface area contributed by atoms with Crippen molar-refractivity contribution in [1.29, 1.82) is 0 Å². The molecule has 1 saturated heterocycles. The number of aryl methyl sites for hydroxylation is 1. The molecule has 0 spiro atoms. The lowest BCUT2D eigenvalue weighted by Gasteiger charge is -2.37. The zero-order valence-corrected chi connectivity index (χ0v) is 33.7. The second-order valence-electron chi connectivity index (χ2n) is 15.7. The number of urea groups is 1. The summed E-state index contributed by atoms with van der Waals surface area (Å²) < 4.78 is 39.9. The zero-order chi connectivity index (χ0) is 42.4. The number of nitrogens with zero attached hydrogens (tertiary/aromatic N) is 2. The van der Waals surface area contributed by atoms with Crippen LogP contribution in [0.2, 0.25) is 0 Å². The maximum atomic E-state index is 15.1. The fraction of sp³-hybridized carbons (Fsp3) is 0.465. The maximum Gasteiger partial charge on any atom is 0.426 e. The Kier molecular flexibility index (Phi) is 16.7. The molecule has 1 aliphatic heterocycles. The van der Waals surface area contributed by atoms with Gasteiger partial charge in [-0.25, -0.2) is 28.8 Å². The molecule has 0 bridgehead atoms. The van der Waals surface area contributed by atoms with Gasteiger partial charge in [0, 0.05) is 31.5 Å². The van der Waals surface area contributed by atoms with E-state index in [9.17, 15) is 33.5 Å². The van der Waals surface area contributed by atoms with Gasteiger partial charge in [0.1, 0.15) is 29.3 Å². The highest BCUT2D eigenvalue weighted by Crippen LogP contribution is 2.25.